The molecule has 0 saturated heterocycles. The number of hydrogen-bond donors (Lipinski definition) is 0. The molecule has 1 aromatic carbocycles. The molecule has 0 aliphatic heterocycles. The van der Waals surface area contributed by atoms with Crippen LogP contribution >= 0.6 is 15.9 Å². The topological polar surface area (TPSA) is 39.4 Å². The lowest BCUT2D eigenvalue weighted by Gasteiger charge is -2.04. The van der Waals surface area contributed by atoms with Gasteiger partial charge in [-0.05, 0) is 30.3 Å². The monoisotopic (exact) mass is 280 g/mol. The summed E-state index contributed by atoms with van der Waals surface area (Å²) in [7, 11) is 1.36. The minimum Gasteiger partial charge on any atom is -0.465 e. The molecule has 1 aromatic heterocycles. The molecule has 0 spiro atoms. The summed E-state index contributed by atoms with van der Waals surface area (Å²) in [6.45, 7) is 0. The lowest BCUT2D eigenvalue weighted by atomic mass is 10.1. The fourth-order valence-corrected chi connectivity index (χ4v) is 1.83. The summed E-state index contributed by atoms with van der Waals surface area (Å²) < 4.78 is 10.8. The van der Waals surface area contributed by atoms with E-state index in [1.54, 1.807) is 30.5 Å². The molecule has 82 valence electrons. The van der Waals surface area contributed by atoms with Crippen LogP contribution in [0.5, 0.6) is 0 Å². The van der Waals surface area contributed by atoms with Gasteiger partial charge in [0, 0.05) is 10.0 Å². The first kappa shape index (κ1) is 11.0. The smallest absolute Gasteiger partial charge is 0.337 e. The average molecular weight is 281 g/mol. The normalized spacial score (nSPS) is 10.1. The second kappa shape index (κ2) is 4.53. The molecule has 2 rings (SSSR count). The molecule has 0 atom stereocenters. The van der Waals surface area contributed by atoms with E-state index in [4.69, 9.17) is 4.42 Å². The van der Waals surface area contributed by atoms with Gasteiger partial charge in [-0.2, -0.15) is 0 Å². The van der Waals surface area contributed by atoms with Crippen LogP contribution in [0.1, 0.15) is 10.4 Å². The van der Waals surface area contributed by atoms with Gasteiger partial charge in [-0.1, -0.05) is 15.9 Å². The summed E-state index contributed by atoms with van der Waals surface area (Å²) in [5, 5.41) is 0. The van der Waals surface area contributed by atoms with Gasteiger partial charge in [0.05, 0.1) is 18.9 Å². The zero-order chi connectivity index (χ0) is 11.5. The molecule has 2 aromatic rings. The molecule has 0 radical (unpaired) electrons. The molecule has 16 heavy (non-hydrogen) atoms. The first-order valence-corrected chi connectivity index (χ1v) is 5.43. The predicted molar refractivity (Wildman–Crippen MR) is 63.2 cm³/mol. The van der Waals surface area contributed by atoms with Crippen molar-refractivity contribution in [3.63, 3.8) is 0 Å². The number of halogens is 1. The van der Waals surface area contributed by atoms with E-state index in [2.05, 4.69) is 20.7 Å². The maximum Gasteiger partial charge on any atom is 0.337 e. The molecule has 0 bridgehead atoms. The fraction of sp³-hybridized carbons (Fsp3) is 0.0833. The van der Waals surface area contributed by atoms with Gasteiger partial charge in [0.1, 0.15) is 5.76 Å². The summed E-state index contributed by atoms with van der Waals surface area (Å²) >= 11 is 3.41. The third kappa shape index (κ3) is 2.02. The van der Waals surface area contributed by atoms with Crippen molar-refractivity contribution in [2.24, 2.45) is 0 Å². The molecule has 0 N–H and O–H groups in total. The highest BCUT2D eigenvalue weighted by molar-refractivity contribution is 9.10. The molecule has 0 amide bonds. The first-order chi connectivity index (χ1) is 7.72. The Kier molecular flexibility index (Phi) is 3.10. The minimum atomic E-state index is -0.361. The van der Waals surface area contributed by atoms with Crippen molar-refractivity contribution < 1.29 is 13.9 Å². The maximum absolute atomic E-state index is 11.4. The maximum atomic E-state index is 11.4. The highest BCUT2D eigenvalue weighted by atomic mass is 79.9. The number of methoxy groups -OCH3 is 1. The number of furan rings is 1. The molecule has 0 fully saturated rings. The van der Waals surface area contributed by atoms with Crippen molar-refractivity contribution in [1.29, 1.82) is 0 Å². The molecular weight excluding hydrogens is 272 g/mol. The van der Waals surface area contributed by atoms with Crippen molar-refractivity contribution in [2.75, 3.05) is 7.11 Å². The van der Waals surface area contributed by atoms with E-state index in [0.717, 1.165) is 10.0 Å². The lowest BCUT2D eigenvalue weighted by molar-refractivity contribution is 0.0601. The number of carbonyl (C=O) groups is 1. The van der Waals surface area contributed by atoms with Gasteiger partial charge < -0.3 is 9.15 Å². The van der Waals surface area contributed by atoms with Crippen molar-refractivity contribution in [3.8, 4) is 11.3 Å². The van der Waals surface area contributed by atoms with E-state index in [1.807, 2.05) is 6.07 Å². The van der Waals surface area contributed by atoms with E-state index >= 15 is 0 Å². The van der Waals surface area contributed by atoms with Crippen molar-refractivity contribution in [3.05, 3.63) is 46.6 Å². The number of ether oxygens (including phenoxy) is 1. The molecule has 1 heterocycles. The SMILES string of the molecule is COC(=O)c1ccc(Br)c(-c2ccco2)c1. The highest BCUT2D eigenvalue weighted by Crippen LogP contribution is 2.29. The Morgan fingerprint density at radius 3 is 2.81 bits per heavy atom. The Morgan fingerprint density at radius 2 is 2.19 bits per heavy atom. The summed E-state index contributed by atoms with van der Waals surface area (Å²) in [6.07, 6.45) is 1.59. The Labute approximate surface area is 101 Å². The van der Waals surface area contributed by atoms with Crippen LogP contribution in [0.3, 0.4) is 0 Å². The van der Waals surface area contributed by atoms with Crippen LogP contribution in [0, 0.1) is 0 Å². The molecule has 0 unspecified atom stereocenters. The van der Waals surface area contributed by atoms with Crippen LogP contribution in [0.15, 0.2) is 45.5 Å². The van der Waals surface area contributed by atoms with Crippen LogP contribution in [0.25, 0.3) is 11.3 Å². The average Bonchev–Trinajstić information content (AvgIpc) is 2.82. The van der Waals surface area contributed by atoms with Gasteiger partial charge in [0.2, 0.25) is 0 Å². The lowest BCUT2D eigenvalue weighted by Crippen LogP contribution is -2.01. The summed E-state index contributed by atoms with van der Waals surface area (Å²) in [6, 6.07) is 8.86. The van der Waals surface area contributed by atoms with Gasteiger partial charge in [-0.3, -0.25) is 0 Å². The van der Waals surface area contributed by atoms with E-state index in [0.29, 0.717) is 11.3 Å². The second-order valence-electron chi connectivity index (χ2n) is 3.16. The minimum absolute atomic E-state index is 0.361. The third-order valence-corrected chi connectivity index (χ3v) is 2.87. The summed E-state index contributed by atoms with van der Waals surface area (Å²) in [5.74, 6) is 0.345. The number of carbonyl (C=O) groups excluding carboxylic acids is 1. The highest BCUT2D eigenvalue weighted by Gasteiger charge is 2.11. The van der Waals surface area contributed by atoms with E-state index in [-0.39, 0.29) is 5.97 Å². The largest absolute Gasteiger partial charge is 0.465 e. The van der Waals surface area contributed by atoms with E-state index in [9.17, 15) is 4.79 Å². The summed E-state index contributed by atoms with van der Waals surface area (Å²) in [4.78, 5) is 11.4. The fourth-order valence-electron chi connectivity index (χ4n) is 1.39. The zero-order valence-corrected chi connectivity index (χ0v) is 10.2. The van der Waals surface area contributed by atoms with Crippen molar-refractivity contribution in [2.45, 2.75) is 0 Å². The number of esters is 1. The molecule has 0 aliphatic carbocycles. The number of benzene rings is 1. The standard InChI is InChI=1S/C12H9BrO3/c1-15-12(14)8-4-5-10(13)9(7-8)11-3-2-6-16-11/h2-7H,1H3. The van der Waals surface area contributed by atoms with Gasteiger partial charge >= 0.3 is 5.97 Å². The number of hydrogen-bond acceptors (Lipinski definition) is 3. The first-order valence-electron chi connectivity index (χ1n) is 4.64. The molecule has 3 nitrogen and oxygen atoms in total. The van der Waals surface area contributed by atoms with E-state index in [1.165, 1.54) is 7.11 Å². The molecular formula is C12H9BrO3. The Balaban J connectivity index is 2.49. The van der Waals surface area contributed by atoms with Crippen LogP contribution in [-0.2, 0) is 4.74 Å². The molecule has 0 aliphatic rings. The van der Waals surface area contributed by atoms with Crippen LogP contribution in [0.2, 0.25) is 0 Å². The quantitative estimate of drug-likeness (QED) is 0.791. The van der Waals surface area contributed by atoms with Crippen molar-refractivity contribution in [1.82, 2.24) is 0 Å². The third-order valence-electron chi connectivity index (χ3n) is 2.17. The van der Waals surface area contributed by atoms with Gasteiger partial charge in [-0.15, -0.1) is 0 Å². The van der Waals surface area contributed by atoms with E-state index < -0.39 is 0 Å². The molecule has 0 saturated carbocycles. The zero-order valence-electron chi connectivity index (χ0n) is 8.57. The second-order valence-corrected chi connectivity index (χ2v) is 4.02. The Hall–Kier alpha value is -1.55. The summed E-state index contributed by atoms with van der Waals surface area (Å²) in [5.41, 5.74) is 1.32. The van der Waals surface area contributed by atoms with Crippen LogP contribution in [-0.4, -0.2) is 13.1 Å². The Morgan fingerprint density at radius 1 is 1.38 bits per heavy atom. The molecule has 4 heteroatoms. The van der Waals surface area contributed by atoms with Gasteiger partial charge in [-0.25, -0.2) is 4.79 Å². The van der Waals surface area contributed by atoms with Crippen LogP contribution in [0.4, 0.5) is 0 Å². The van der Waals surface area contributed by atoms with Crippen LogP contribution < -0.4 is 0 Å². The predicted octanol–water partition coefficient (Wildman–Crippen LogP) is 3.50. The van der Waals surface area contributed by atoms with Crippen molar-refractivity contribution >= 4 is 21.9 Å². The number of rotatable bonds is 2. The van der Waals surface area contributed by atoms with Gasteiger partial charge in [0.15, 0.2) is 0 Å². The Bertz CT molecular complexity index is 503. The van der Waals surface area contributed by atoms with Gasteiger partial charge in [0.25, 0.3) is 0 Å².